The van der Waals surface area contributed by atoms with Gasteiger partial charge in [0, 0.05) is 23.6 Å². The summed E-state index contributed by atoms with van der Waals surface area (Å²) in [5, 5.41) is 3.67. The molecule has 4 rings (SSSR count). The summed E-state index contributed by atoms with van der Waals surface area (Å²) in [7, 11) is -3.68. The molecule has 1 N–H and O–H groups in total. The monoisotopic (exact) mass is 489 g/mol. The summed E-state index contributed by atoms with van der Waals surface area (Å²) in [4.78, 5) is 27.5. The SMILES string of the molecule is CC1CCN(C(CNC(=O)c2cccc(N3C(=O)CCS3(=O)=O)c2)c2ccc(Cl)cc2)CC1. The van der Waals surface area contributed by atoms with Crippen LogP contribution in [-0.2, 0) is 14.8 Å². The van der Waals surface area contributed by atoms with Crippen molar-refractivity contribution in [3.63, 3.8) is 0 Å². The Hall–Kier alpha value is -2.42. The molecule has 2 aliphatic rings. The van der Waals surface area contributed by atoms with Crippen LogP contribution >= 0.6 is 11.6 Å². The van der Waals surface area contributed by atoms with Crippen LogP contribution in [0.2, 0.25) is 5.02 Å². The third kappa shape index (κ3) is 5.39. The summed E-state index contributed by atoms with van der Waals surface area (Å²) in [6, 6.07) is 13.9. The Bertz CT molecular complexity index is 1130. The van der Waals surface area contributed by atoms with Crippen molar-refractivity contribution in [3.05, 3.63) is 64.7 Å². The van der Waals surface area contributed by atoms with Gasteiger partial charge in [-0.15, -0.1) is 0 Å². The molecule has 0 saturated carbocycles. The fourth-order valence-electron chi connectivity index (χ4n) is 4.42. The van der Waals surface area contributed by atoms with Crippen LogP contribution in [0, 0.1) is 5.92 Å². The van der Waals surface area contributed by atoms with Crippen LogP contribution in [0.5, 0.6) is 0 Å². The molecule has 2 fully saturated rings. The molecular formula is C24H28ClN3O4S. The van der Waals surface area contributed by atoms with E-state index in [0.29, 0.717) is 23.0 Å². The summed E-state index contributed by atoms with van der Waals surface area (Å²) in [5.41, 5.74) is 1.59. The fourth-order valence-corrected chi connectivity index (χ4v) is 5.99. The molecule has 2 saturated heterocycles. The van der Waals surface area contributed by atoms with Crippen LogP contribution in [0.1, 0.15) is 48.1 Å². The Balaban J connectivity index is 1.50. The molecule has 7 nitrogen and oxygen atoms in total. The number of carbonyl (C=O) groups excluding carboxylic acids is 2. The first-order valence-electron chi connectivity index (χ1n) is 11.2. The minimum atomic E-state index is -3.68. The molecule has 0 aromatic heterocycles. The largest absolute Gasteiger partial charge is 0.350 e. The minimum Gasteiger partial charge on any atom is -0.350 e. The first-order valence-corrected chi connectivity index (χ1v) is 13.2. The Kier molecular flexibility index (Phi) is 7.07. The molecule has 1 atom stereocenters. The molecule has 0 spiro atoms. The van der Waals surface area contributed by atoms with Crippen molar-refractivity contribution >= 4 is 39.1 Å². The predicted molar refractivity (Wildman–Crippen MR) is 129 cm³/mol. The summed E-state index contributed by atoms with van der Waals surface area (Å²) >= 11 is 6.07. The molecule has 176 valence electrons. The number of likely N-dealkylation sites (tertiary alicyclic amines) is 1. The van der Waals surface area contributed by atoms with E-state index in [1.807, 2.05) is 24.3 Å². The maximum atomic E-state index is 13.0. The van der Waals surface area contributed by atoms with E-state index >= 15 is 0 Å². The lowest BCUT2D eigenvalue weighted by Gasteiger charge is -2.37. The zero-order chi connectivity index (χ0) is 23.6. The highest BCUT2D eigenvalue weighted by Gasteiger charge is 2.36. The molecule has 33 heavy (non-hydrogen) atoms. The number of hydrogen-bond donors (Lipinski definition) is 1. The maximum absolute atomic E-state index is 13.0. The average molecular weight is 490 g/mol. The molecule has 9 heteroatoms. The van der Waals surface area contributed by atoms with E-state index in [1.54, 1.807) is 12.1 Å². The van der Waals surface area contributed by atoms with Gasteiger partial charge in [0.25, 0.3) is 5.91 Å². The number of benzene rings is 2. The highest BCUT2D eigenvalue weighted by atomic mass is 35.5. The molecule has 1 unspecified atom stereocenters. The lowest BCUT2D eigenvalue weighted by Crippen LogP contribution is -2.42. The number of hydrogen-bond acceptors (Lipinski definition) is 5. The Morgan fingerprint density at radius 2 is 1.85 bits per heavy atom. The molecular weight excluding hydrogens is 462 g/mol. The number of rotatable bonds is 6. The molecule has 0 aliphatic carbocycles. The van der Waals surface area contributed by atoms with Gasteiger partial charge in [0.2, 0.25) is 15.9 Å². The summed E-state index contributed by atoms with van der Waals surface area (Å²) in [5.74, 6) is -0.312. The lowest BCUT2D eigenvalue weighted by molar-refractivity contribution is -0.116. The van der Waals surface area contributed by atoms with Gasteiger partial charge < -0.3 is 5.32 Å². The van der Waals surface area contributed by atoms with E-state index in [9.17, 15) is 18.0 Å². The number of nitrogens with zero attached hydrogens (tertiary/aromatic N) is 2. The van der Waals surface area contributed by atoms with Crippen molar-refractivity contribution in [1.29, 1.82) is 0 Å². The summed E-state index contributed by atoms with van der Waals surface area (Å²) < 4.78 is 25.3. The topological polar surface area (TPSA) is 86.8 Å². The van der Waals surface area contributed by atoms with Gasteiger partial charge in [-0.1, -0.05) is 36.7 Å². The van der Waals surface area contributed by atoms with Gasteiger partial charge in [-0.05, 0) is 67.7 Å². The second-order valence-corrected chi connectivity index (χ2v) is 11.1. The van der Waals surface area contributed by atoms with Crippen LogP contribution in [0.4, 0.5) is 5.69 Å². The average Bonchev–Trinajstić information content (AvgIpc) is 3.08. The third-order valence-electron chi connectivity index (χ3n) is 6.39. The lowest BCUT2D eigenvalue weighted by atomic mass is 9.95. The van der Waals surface area contributed by atoms with Crippen LogP contribution in [0.3, 0.4) is 0 Å². The quantitative estimate of drug-likeness (QED) is 0.669. The van der Waals surface area contributed by atoms with Crippen molar-refractivity contribution in [2.75, 3.05) is 29.7 Å². The number of halogens is 1. The minimum absolute atomic E-state index is 0.00226. The normalized spacial score (nSPS) is 20.1. The smallest absolute Gasteiger partial charge is 0.251 e. The first-order chi connectivity index (χ1) is 15.7. The molecule has 0 bridgehead atoms. The third-order valence-corrected chi connectivity index (χ3v) is 8.33. The highest BCUT2D eigenvalue weighted by Crippen LogP contribution is 2.28. The van der Waals surface area contributed by atoms with E-state index in [4.69, 9.17) is 11.6 Å². The van der Waals surface area contributed by atoms with E-state index in [2.05, 4.69) is 17.1 Å². The zero-order valence-electron chi connectivity index (χ0n) is 18.5. The number of anilines is 1. The van der Waals surface area contributed by atoms with Crippen molar-refractivity contribution in [2.24, 2.45) is 5.92 Å². The Morgan fingerprint density at radius 3 is 2.48 bits per heavy atom. The Morgan fingerprint density at radius 1 is 1.15 bits per heavy atom. The van der Waals surface area contributed by atoms with Crippen LogP contribution in [0.15, 0.2) is 48.5 Å². The van der Waals surface area contributed by atoms with Gasteiger partial charge in [0.15, 0.2) is 0 Å². The van der Waals surface area contributed by atoms with Crippen LogP contribution in [0.25, 0.3) is 0 Å². The molecule has 2 aromatic rings. The van der Waals surface area contributed by atoms with E-state index < -0.39 is 15.9 Å². The van der Waals surface area contributed by atoms with Gasteiger partial charge in [0.1, 0.15) is 0 Å². The standard InChI is InChI=1S/C24H28ClN3O4S/c1-17-9-12-27(13-10-17)22(18-5-7-20(25)8-6-18)16-26-24(30)19-3-2-4-21(15-19)28-23(29)11-14-33(28,31)32/h2-8,15,17,22H,9-14,16H2,1H3,(H,26,30). The highest BCUT2D eigenvalue weighted by molar-refractivity contribution is 7.94. The first kappa shape index (κ1) is 23.7. The molecule has 2 aromatic carbocycles. The van der Waals surface area contributed by atoms with Gasteiger partial charge in [-0.25, -0.2) is 12.7 Å². The molecule has 2 amide bonds. The number of amides is 2. The van der Waals surface area contributed by atoms with Gasteiger partial charge in [-0.3, -0.25) is 14.5 Å². The van der Waals surface area contributed by atoms with Crippen molar-refractivity contribution in [2.45, 2.75) is 32.2 Å². The fraction of sp³-hybridized carbons (Fsp3) is 0.417. The van der Waals surface area contributed by atoms with Crippen molar-refractivity contribution in [1.82, 2.24) is 10.2 Å². The zero-order valence-corrected chi connectivity index (χ0v) is 20.1. The number of nitrogens with one attached hydrogen (secondary N) is 1. The number of sulfonamides is 1. The van der Waals surface area contributed by atoms with Crippen molar-refractivity contribution in [3.8, 4) is 0 Å². The number of piperidine rings is 1. The van der Waals surface area contributed by atoms with Crippen LogP contribution < -0.4 is 9.62 Å². The van der Waals surface area contributed by atoms with E-state index in [1.165, 1.54) is 12.1 Å². The second kappa shape index (κ2) is 9.83. The molecule has 2 aliphatic heterocycles. The maximum Gasteiger partial charge on any atom is 0.251 e. The van der Waals surface area contributed by atoms with E-state index in [-0.39, 0.29) is 29.8 Å². The van der Waals surface area contributed by atoms with Crippen molar-refractivity contribution < 1.29 is 18.0 Å². The Labute approximate surface area is 199 Å². The van der Waals surface area contributed by atoms with Crippen LogP contribution in [-0.4, -0.2) is 50.5 Å². The predicted octanol–water partition coefficient (Wildman–Crippen LogP) is 3.61. The van der Waals surface area contributed by atoms with Gasteiger partial charge >= 0.3 is 0 Å². The molecule has 2 heterocycles. The van der Waals surface area contributed by atoms with Gasteiger partial charge in [0.05, 0.1) is 17.5 Å². The van der Waals surface area contributed by atoms with E-state index in [0.717, 1.165) is 35.8 Å². The summed E-state index contributed by atoms with van der Waals surface area (Å²) in [6.45, 7) is 4.57. The molecule has 0 radical (unpaired) electrons. The second-order valence-electron chi connectivity index (χ2n) is 8.77. The summed E-state index contributed by atoms with van der Waals surface area (Å²) in [6.07, 6.45) is 2.17. The number of carbonyl (C=O) groups is 2. The van der Waals surface area contributed by atoms with Gasteiger partial charge in [-0.2, -0.15) is 0 Å².